The third-order valence-corrected chi connectivity index (χ3v) is 4.91. The summed E-state index contributed by atoms with van der Waals surface area (Å²) in [4.78, 5) is 2.37. The number of hydrogen-bond donors (Lipinski definition) is 1. The van der Waals surface area contributed by atoms with Gasteiger partial charge >= 0.3 is 6.61 Å². The summed E-state index contributed by atoms with van der Waals surface area (Å²) in [5.74, 6) is 1.26. The van der Waals surface area contributed by atoms with Gasteiger partial charge in [-0.25, -0.2) is 0 Å². The Morgan fingerprint density at radius 2 is 2.00 bits per heavy atom. The number of nitrogens with two attached hydrogens (primary N) is 1. The second-order valence-corrected chi connectivity index (χ2v) is 7.58. The molecule has 2 rings (SSSR count). The average molecular weight is 316 g/mol. The highest BCUT2D eigenvalue weighted by atomic mass is 32.2. The lowest BCUT2D eigenvalue weighted by molar-refractivity contribution is -0.0498. The van der Waals surface area contributed by atoms with E-state index in [9.17, 15) is 8.78 Å². The zero-order valence-electron chi connectivity index (χ0n) is 12.4. The quantitative estimate of drug-likeness (QED) is 0.906. The molecule has 1 saturated heterocycles. The van der Waals surface area contributed by atoms with Crippen molar-refractivity contribution in [3.63, 3.8) is 0 Å². The van der Waals surface area contributed by atoms with Crippen molar-refractivity contribution < 1.29 is 13.5 Å². The maximum atomic E-state index is 12.2. The highest BCUT2D eigenvalue weighted by Crippen LogP contribution is 2.34. The molecule has 1 aromatic rings. The molecule has 1 aliphatic rings. The Morgan fingerprint density at radius 1 is 1.33 bits per heavy atom. The maximum absolute atomic E-state index is 12.2. The molecule has 118 valence electrons. The molecule has 0 aromatic heterocycles. The molecule has 1 aliphatic heterocycles. The fourth-order valence-corrected chi connectivity index (χ4v) is 3.82. The predicted octanol–water partition coefficient (Wildman–Crippen LogP) is 3.12. The highest BCUT2D eigenvalue weighted by Gasteiger charge is 2.31. The van der Waals surface area contributed by atoms with Crippen molar-refractivity contribution in [2.24, 2.45) is 5.73 Å². The summed E-state index contributed by atoms with van der Waals surface area (Å²) in [5.41, 5.74) is 6.99. The minimum atomic E-state index is -2.79. The van der Waals surface area contributed by atoms with Crippen LogP contribution in [0.1, 0.15) is 25.5 Å². The molecule has 1 atom stereocenters. The lowest BCUT2D eigenvalue weighted by atomic mass is 10.0. The van der Waals surface area contributed by atoms with Gasteiger partial charge < -0.3 is 10.5 Å². The Hall–Kier alpha value is -0.850. The largest absolute Gasteiger partial charge is 0.435 e. The minimum Gasteiger partial charge on any atom is -0.435 e. The number of thioether (sulfide) groups is 1. The van der Waals surface area contributed by atoms with E-state index in [1.165, 1.54) is 0 Å². The van der Waals surface area contributed by atoms with Gasteiger partial charge in [0, 0.05) is 36.2 Å². The van der Waals surface area contributed by atoms with Gasteiger partial charge in [-0.3, -0.25) is 4.90 Å². The second-order valence-electron chi connectivity index (χ2n) is 5.78. The molecule has 3 nitrogen and oxygen atoms in total. The number of alkyl halides is 2. The fourth-order valence-electron chi connectivity index (χ4n) is 2.69. The van der Waals surface area contributed by atoms with Crippen molar-refractivity contribution >= 4 is 11.8 Å². The topological polar surface area (TPSA) is 38.5 Å². The Balaban J connectivity index is 2.10. The molecule has 0 spiro atoms. The van der Waals surface area contributed by atoms with E-state index in [0.29, 0.717) is 6.54 Å². The molecule has 1 heterocycles. The van der Waals surface area contributed by atoms with Crippen LogP contribution in [0.5, 0.6) is 5.75 Å². The Kier molecular flexibility index (Phi) is 5.46. The summed E-state index contributed by atoms with van der Waals surface area (Å²) < 4.78 is 28.9. The molecule has 1 aromatic carbocycles. The number of hydrogen-bond acceptors (Lipinski definition) is 4. The van der Waals surface area contributed by atoms with Crippen LogP contribution in [0.25, 0.3) is 0 Å². The average Bonchev–Trinajstić information content (AvgIpc) is 2.40. The van der Waals surface area contributed by atoms with Gasteiger partial charge in [-0.1, -0.05) is 12.1 Å². The van der Waals surface area contributed by atoms with Crippen LogP contribution in [0, 0.1) is 0 Å². The van der Waals surface area contributed by atoms with E-state index in [2.05, 4.69) is 23.5 Å². The molecule has 1 fully saturated rings. The molecule has 21 heavy (non-hydrogen) atoms. The van der Waals surface area contributed by atoms with E-state index in [1.54, 1.807) is 12.1 Å². The third kappa shape index (κ3) is 4.56. The molecule has 2 N–H and O–H groups in total. The van der Waals surface area contributed by atoms with Crippen LogP contribution in [-0.2, 0) is 0 Å². The first-order valence-corrected chi connectivity index (χ1v) is 8.03. The Bertz CT molecular complexity index is 453. The van der Waals surface area contributed by atoms with Crippen molar-refractivity contribution in [3.8, 4) is 5.75 Å². The van der Waals surface area contributed by atoms with Crippen molar-refractivity contribution in [1.29, 1.82) is 0 Å². The molecule has 6 heteroatoms. The van der Waals surface area contributed by atoms with Crippen LogP contribution in [-0.4, -0.2) is 41.6 Å². The Morgan fingerprint density at radius 3 is 2.52 bits per heavy atom. The SMILES string of the molecule is CC1(C)CN(C(CN)c2ccc(OC(F)F)cc2)CCS1. The van der Waals surface area contributed by atoms with E-state index in [-0.39, 0.29) is 16.5 Å². The number of benzene rings is 1. The van der Waals surface area contributed by atoms with E-state index >= 15 is 0 Å². The lowest BCUT2D eigenvalue weighted by Gasteiger charge is -2.41. The van der Waals surface area contributed by atoms with Crippen molar-refractivity contribution in [3.05, 3.63) is 29.8 Å². The van der Waals surface area contributed by atoms with Gasteiger partial charge in [0.15, 0.2) is 0 Å². The van der Waals surface area contributed by atoms with Gasteiger partial charge in [0.25, 0.3) is 0 Å². The van der Waals surface area contributed by atoms with E-state index in [4.69, 9.17) is 5.73 Å². The van der Waals surface area contributed by atoms with Crippen molar-refractivity contribution in [1.82, 2.24) is 4.90 Å². The summed E-state index contributed by atoms with van der Waals surface area (Å²) in [5, 5.41) is 0. The van der Waals surface area contributed by atoms with Gasteiger partial charge in [-0.2, -0.15) is 20.5 Å². The van der Waals surface area contributed by atoms with Gasteiger partial charge in [-0.05, 0) is 31.5 Å². The van der Waals surface area contributed by atoms with Gasteiger partial charge in [0.2, 0.25) is 0 Å². The maximum Gasteiger partial charge on any atom is 0.387 e. The van der Waals surface area contributed by atoms with Gasteiger partial charge in [0.05, 0.1) is 0 Å². The molecule has 0 saturated carbocycles. The van der Waals surface area contributed by atoms with Gasteiger partial charge in [-0.15, -0.1) is 0 Å². The molecule has 1 unspecified atom stereocenters. The molecule has 0 aliphatic carbocycles. The molecule has 0 bridgehead atoms. The van der Waals surface area contributed by atoms with Crippen molar-refractivity contribution in [2.75, 3.05) is 25.4 Å². The lowest BCUT2D eigenvalue weighted by Crippen LogP contribution is -2.46. The number of rotatable bonds is 5. The summed E-state index contributed by atoms with van der Waals surface area (Å²) in [7, 11) is 0. The summed E-state index contributed by atoms with van der Waals surface area (Å²) in [6.45, 7) is 4.14. The summed E-state index contributed by atoms with van der Waals surface area (Å²) >= 11 is 1.97. The van der Waals surface area contributed by atoms with E-state index in [1.807, 2.05) is 23.9 Å². The number of halogens is 2. The molecule has 0 radical (unpaired) electrons. The zero-order chi connectivity index (χ0) is 15.5. The molecular weight excluding hydrogens is 294 g/mol. The summed E-state index contributed by atoms with van der Waals surface area (Å²) in [6, 6.07) is 6.92. The van der Waals surface area contributed by atoms with Crippen molar-refractivity contribution in [2.45, 2.75) is 31.2 Å². The van der Waals surface area contributed by atoms with E-state index in [0.717, 1.165) is 24.4 Å². The van der Waals surface area contributed by atoms with Crippen LogP contribution in [0.15, 0.2) is 24.3 Å². The third-order valence-electron chi connectivity index (χ3n) is 3.61. The number of nitrogens with zero attached hydrogens (tertiary/aromatic N) is 1. The van der Waals surface area contributed by atoms with Crippen LogP contribution < -0.4 is 10.5 Å². The van der Waals surface area contributed by atoms with Crippen LogP contribution in [0.2, 0.25) is 0 Å². The Labute approximate surface area is 128 Å². The highest BCUT2D eigenvalue weighted by molar-refractivity contribution is 8.00. The minimum absolute atomic E-state index is 0.116. The van der Waals surface area contributed by atoms with Crippen LogP contribution >= 0.6 is 11.8 Å². The normalized spacial score (nSPS) is 20.5. The summed E-state index contributed by atoms with van der Waals surface area (Å²) in [6.07, 6.45) is 0. The van der Waals surface area contributed by atoms with Crippen LogP contribution in [0.3, 0.4) is 0 Å². The molecule has 0 amide bonds. The van der Waals surface area contributed by atoms with Gasteiger partial charge in [0.1, 0.15) is 5.75 Å². The fraction of sp³-hybridized carbons (Fsp3) is 0.600. The first kappa shape index (κ1) is 16.5. The first-order valence-electron chi connectivity index (χ1n) is 7.04. The standard InChI is InChI=1S/C15H22F2N2OS/c1-15(2)10-19(7-8-21-15)13(9-18)11-3-5-12(6-4-11)20-14(16)17/h3-6,13-14H,7-10,18H2,1-2H3. The zero-order valence-corrected chi connectivity index (χ0v) is 13.2. The smallest absolute Gasteiger partial charge is 0.387 e. The predicted molar refractivity (Wildman–Crippen MR) is 83.0 cm³/mol. The van der Waals surface area contributed by atoms with Crippen LogP contribution in [0.4, 0.5) is 8.78 Å². The van der Waals surface area contributed by atoms with E-state index < -0.39 is 6.61 Å². The first-order chi connectivity index (χ1) is 9.91. The monoisotopic (exact) mass is 316 g/mol. The second kappa shape index (κ2) is 6.94. The number of ether oxygens (including phenoxy) is 1. The molecular formula is C15H22F2N2OS.